The van der Waals surface area contributed by atoms with E-state index in [0.717, 1.165) is 18.4 Å². The van der Waals surface area contributed by atoms with Crippen molar-refractivity contribution in [2.24, 2.45) is 0 Å². The Morgan fingerprint density at radius 2 is 2.07 bits per heavy atom. The van der Waals surface area contributed by atoms with Crippen molar-refractivity contribution in [3.05, 3.63) is 53.6 Å². The van der Waals surface area contributed by atoms with Crippen molar-refractivity contribution in [2.45, 2.75) is 39.0 Å². The lowest BCUT2D eigenvalue weighted by molar-refractivity contribution is 0.0660. The van der Waals surface area contributed by atoms with E-state index in [-0.39, 0.29) is 11.8 Å². The smallest absolute Gasteiger partial charge is 0.291 e. The summed E-state index contributed by atoms with van der Waals surface area (Å²) in [5.41, 5.74) is 1.56. The molecule has 0 N–H and O–H groups in total. The van der Waals surface area contributed by atoms with Crippen molar-refractivity contribution in [3.63, 3.8) is 0 Å². The number of carbonyl (C=O) groups is 1. The first-order valence-corrected chi connectivity index (χ1v) is 9.30. The van der Waals surface area contributed by atoms with Crippen LogP contribution in [0, 0.1) is 6.92 Å². The van der Waals surface area contributed by atoms with Crippen LogP contribution in [-0.2, 0) is 6.42 Å². The van der Waals surface area contributed by atoms with Gasteiger partial charge in [0.2, 0.25) is 17.5 Å². The third-order valence-corrected chi connectivity index (χ3v) is 4.87. The molecule has 0 aliphatic carbocycles. The Balaban J connectivity index is 1.50. The number of carbonyl (C=O) groups excluding carboxylic acids is 1. The van der Waals surface area contributed by atoms with Gasteiger partial charge in [-0.05, 0) is 19.8 Å². The van der Waals surface area contributed by atoms with Crippen molar-refractivity contribution in [2.75, 3.05) is 13.1 Å². The van der Waals surface area contributed by atoms with Crippen LogP contribution < -0.4 is 0 Å². The first-order valence-electron chi connectivity index (χ1n) is 9.30. The molecule has 3 heterocycles. The fourth-order valence-corrected chi connectivity index (χ4v) is 3.41. The van der Waals surface area contributed by atoms with E-state index in [1.54, 1.807) is 4.90 Å². The van der Waals surface area contributed by atoms with E-state index in [9.17, 15) is 4.79 Å². The molecule has 0 saturated carbocycles. The number of aryl methyl sites for hydroxylation is 2. The van der Waals surface area contributed by atoms with Crippen LogP contribution in [-0.4, -0.2) is 39.0 Å². The van der Waals surface area contributed by atoms with Crippen molar-refractivity contribution in [1.82, 2.24) is 20.0 Å². The van der Waals surface area contributed by atoms with Gasteiger partial charge in [-0.1, -0.05) is 42.4 Å². The third kappa shape index (κ3) is 3.49. The number of piperidine rings is 1. The molecular weight excluding hydrogens is 344 g/mol. The monoisotopic (exact) mass is 366 g/mol. The lowest BCUT2D eigenvalue weighted by atomic mass is 9.97. The lowest BCUT2D eigenvalue weighted by Crippen LogP contribution is -2.39. The summed E-state index contributed by atoms with van der Waals surface area (Å²) in [6.45, 7) is 4.99. The number of aromatic nitrogens is 3. The average Bonchev–Trinajstić information content (AvgIpc) is 3.35. The quantitative estimate of drug-likeness (QED) is 0.701. The van der Waals surface area contributed by atoms with E-state index in [0.29, 0.717) is 48.6 Å². The van der Waals surface area contributed by atoms with Gasteiger partial charge in [0.15, 0.2) is 5.89 Å². The molecule has 1 unspecified atom stereocenters. The second-order valence-corrected chi connectivity index (χ2v) is 6.79. The highest BCUT2D eigenvalue weighted by Gasteiger charge is 2.31. The van der Waals surface area contributed by atoms with Gasteiger partial charge in [-0.15, -0.1) is 0 Å². The number of hydrogen-bond acceptors (Lipinski definition) is 6. The summed E-state index contributed by atoms with van der Waals surface area (Å²) in [5.74, 6) is 1.99. The van der Waals surface area contributed by atoms with E-state index in [4.69, 9.17) is 8.94 Å². The van der Waals surface area contributed by atoms with E-state index >= 15 is 0 Å². The number of amides is 1. The minimum Gasteiger partial charge on any atom is -0.435 e. The normalized spacial score (nSPS) is 17.3. The van der Waals surface area contributed by atoms with Gasteiger partial charge in [0.05, 0.1) is 11.6 Å². The summed E-state index contributed by atoms with van der Waals surface area (Å²) in [4.78, 5) is 23.5. The Labute approximate surface area is 157 Å². The fraction of sp³-hybridized carbons (Fsp3) is 0.400. The molecule has 7 nitrogen and oxygen atoms in total. The summed E-state index contributed by atoms with van der Waals surface area (Å²) in [5, 5.41) is 4.10. The van der Waals surface area contributed by atoms with Crippen LogP contribution in [0.4, 0.5) is 0 Å². The number of likely N-dealkylation sites (tertiary alicyclic amines) is 1. The molecule has 1 aromatic carbocycles. The maximum absolute atomic E-state index is 12.9. The van der Waals surface area contributed by atoms with Crippen LogP contribution in [0.25, 0.3) is 11.4 Å². The maximum Gasteiger partial charge on any atom is 0.291 e. The summed E-state index contributed by atoms with van der Waals surface area (Å²) in [6.07, 6.45) is 2.46. The van der Waals surface area contributed by atoms with Crippen LogP contribution in [0.2, 0.25) is 0 Å². The molecular formula is C20H22N4O3. The molecule has 1 fully saturated rings. The van der Waals surface area contributed by atoms with Crippen LogP contribution >= 0.6 is 0 Å². The molecule has 7 heteroatoms. The van der Waals surface area contributed by atoms with E-state index in [1.165, 1.54) is 0 Å². The average molecular weight is 366 g/mol. The standard InChI is InChI=1S/C20H22N4O3/c1-3-16-21-13(2)17(26-16)20(25)24-11-7-10-15(12-24)19-22-18(23-27-19)14-8-5-4-6-9-14/h4-6,8-9,15H,3,7,10-12H2,1-2H3. The predicted octanol–water partition coefficient (Wildman–Crippen LogP) is 3.62. The van der Waals surface area contributed by atoms with Gasteiger partial charge in [0.1, 0.15) is 0 Å². The van der Waals surface area contributed by atoms with Crippen LogP contribution in [0.3, 0.4) is 0 Å². The molecule has 2 aromatic heterocycles. The van der Waals surface area contributed by atoms with Gasteiger partial charge >= 0.3 is 0 Å². The topological polar surface area (TPSA) is 85.3 Å². The zero-order chi connectivity index (χ0) is 18.8. The van der Waals surface area contributed by atoms with Crippen LogP contribution in [0.5, 0.6) is 0 Å². The zero-order valence-corrected chi connectivity index (χ0v) is 15.5. The van der Waals surface area contributed by atoms with E-state index in [1.807, 2.05) is 44.2 Å². The SMILES string of the molecule is CCc1nc(C)c(C(=O)N2CCCC(c3nc(-c4ccccc4)no3)C2)o1. The molecule has 1 aliphatic rings. The molecule has 1 atom stereocenters. The van der Waals surface area contributed by atoms with Crippen molar-refractivity contribution in [3.8, 4) is 11.4 Å². The molecule has 140 valence electrons. The fourth-order valence-electron chi connectivity index (χ4n) is 3.41. The Bertz CT molecular complexity index is 932. The Morgan fingerprint density at radius 1 is 1.26 bits per heavy atom. The first-order chi connectivity index (χ1) is 13.2. The zero-order valence-electron chi connectivity index (χ0n) is 15.5. The summed E-state index contributed by atoms with van der Waals surface area (Å²) in [6, 6.07) is 9.73. The molecule has 27 heavy (non-hydrogen) atoms. The highest BCUT2D eigenvalue weighted by Crippen LogP contribution is 2.28. The second kappa shape index (κ2) is 7.34. The Kier molecular flexibility index (Phi) is 4.75. The number of benzene rings is 1. The van der Waals surface area contributed by atoms with Gasteiger partial charge in [0, 0.05) is 25.1 Å². The predicted molar refractivity (Wildman–Crippen MR) is 98.2 cm³/mol. The van der Waals surface area contributed by atoms with Crippen molar-refractivity contribution >= 4 is 5.91 Å². The van der Waals surface area contributed by atoms with Gasteiger partial charge in [-0.3, -0.25) is 4.79 Å². The number of nitrogens with zero attached hydrogens (tertiary/aromatic N) is 4. The molecule has 0 bridgehead atoms. The summed E-state index contributed by atoms with van der Waals surface area (Å²) in [7, 11) is 0. The molecule has 4 rings (SSSR count). The minimum atomic E-state index is -0.118. The van der Waals surface area contributed by atoms with Gasteiger partial charge in [-0.2, -0.15) is 4.98 Å². The van der Waals surface area contributed by atoms with Crippen LogP contribution in [0.1, 0.15) is 53.7 Å². The summed E-state index contributed by atoms with van der Waals surface area (Å²) < 4.78 is 11.1. The molecule has 1 saturated heterocycles. The Morgan fingerprint density at radius 3 is 2.81 bits per heavy atom. The van der Waals surface area contributed by atoms with E-state index in [2.05, 4.69) is 15.1 Å². The second-order valence-electron chi connectivity index (χ2n) is 6.79. The van der Waals surface area contributed by atoms with Gasteiger partial charge in [-0.25, -0.2) is 4.98 Å². The molecule has 1 amide bonds. The lowest BCUT2D eigenvalue weighted by Gasteiger charge is -2.30. The minimum absolute atomic E-state index is 0.0292. The van der Waals surface area contributed by atoms with Crippen molar-refractivity contribution in [1.29, 1.82) is 0 Å². The molecule has 0 radical (unpaired) electrons. The largest absolute Gasteiger partial charge is 0.435 e. The molecule has 0 spiro atoms. The maximum atomic E-state index is 12.9. The van der Waals surface area contributed by atoms with Gasteiger partial charge in [0.25, 0.3) is 5.91 Å². The molecule has 3 aromatic rings. The molecule has 1 aliphatic heterocycles. The number of rotatable bonds is 4. The Hall–Kier alpha value is -2.96. The van der Waals surface area contributed by atoms with Gasteiger partial charge < -0.3 is 13.8 Å². The highest BCUT2D eigenvalue weighted by molar-refractivity contribution is 5.92. The van der Waals surface area contributed by atoms with Crippen LogP contribution in [0.15, 0.2) is 39.3 Å². The summed E-state index contributed by atoms with van der Waals surface area (Å²) >= 11 is 0. The number of oxazole rings is 1. The van der Waals surface area contributed by atoms with Crippen molar-refractivity contribution < 1.29 is 13.7 Å². The third-order valence-electron chi connectivity index (χ3n) is 4.87. The van der Waals surface area contributed by atoms with E-state index < -0.39 is 0 Å². The highest BCUT2D eigenvalue weighted by atomic mass is 16.5. The number of hydrogen-bond donors (Lipinski definition) is 0. The first kappa shape index (κ1) is 17.5.